The highest BCUT2D eigenvalue weighted by molar-refractivity contribution is 5.20. The maximum Gasteiger partial charge on any atom is 0.0866 e. The van der Waals surface area contributed by atoms with Crippen molar-refractivity contribution in [3.63, 3.8) is 0 Å². The van der Waals surface area contributed by atoms with Crippen LogP contribution in [0.15, 0.2) is 30.3 Å². The Morgan fingerprint density at radius 3 is 2.67 bits per heavy atom. The van der Waals surface area contributed by atoms with Gasteiger partial charge in [0.15, 0.2) is 0 Å². The summed E-state index contributed by atoms with van der Waals surface area (Å²) in [6.07, 6.45) is 8.58. The van der Waals surface area contributed by atoms with Gasteiger partial charge in [0.05, 0.1) is 19.3 Å². The smallest absolute Gasteiger partial charge is 0.0866 e. The molecule has 1 aliphatic rings. The summed E-state index contributed by atoms with van der Waals surface area (Å²) in [5, 5.41) is 0. The van der Waals surface area contributed by atoms with Gasteiger partial charge in [0, 0.05) is 25.4 Å². The maximum absolute atomic E-state index is 6.27. The lowest BCUT2D eigenvalue weighted by molar-refractivity contribution is -0.0328. The van der Waals surface area contributed by atoms with Crippen LogP contribution in [-0.4, -0.2) is 20.3 Å². The van der Waals surface area contributed by atoms with Crippen LogP contribution in [0.2, 0.25) is 0 Å². The first-order valence-electron chi connectivity index (χ1n) is 9.50. The minimum atomic E-state index is 0.132. The first kappa shape index (κ1) is 19.0. The third-order valence-electron chi connectivity index (χ3n) is 4.86. The quantitative estimate of drug-likeness (QED) is 0.470. The molecule has 1 fully saturated rings. The number of rotatable bonds is 8. The molecule has 0 amide bonds. The van der Waals surface area contributed by atoms with Crippen molar-refractivity contribution in [2.24, 2.45) is 11.8 Å². The fourth-order valence-electron chi connectivity index (χ4n) is 3.54. The second-order valence-corrected chi connectivity index (χ2v) is 6.67. The molecule has 3 atom stereocenters. The molecule has 0 spiro atoms. The van der Waals surface area contributed by atoms with Gasteiger partial charge in [0.25, 0.3) is 0 Å². The molecule has 1 aromatic carbocycles. The molecule has 0 aliphatic heterocycles. The average Bonchev–Trinajstić information content (AvgIpc) is 2.64. The molecule has 2 rings (SSSR count). The highest BCUT2D eigenvalue weighted by Gasteiger charge is 2.32. The standard InChI is InChI=1S/C22H32O2/c1-3-4-5-7-12-19-13-10-11-16-21(19)22(24-18-17-23-2)20-14-8-6-9-15-20/h6,8-9,14-15,19,21-22H,3-5,10-11,13,16-18H2,1-2H3/t19-,21-,22-/m0/s1. The summed E-state index contributed by atoms with van der Waals surface area (Å²) in [6, 6.07) is 10.7. The summed E-state index contributed by atoms with van der Waals surface area (Å²) in [4.78, 5) is 0. The Balaban J connectivity index is 2.12. The molecule has 0 bridgehead atoms. The van der Waals surface area contributed by atoms with Crippen molar-refractivity contribution in [1.82, 2.24) is 0 Å². The van der Waals surface area contributed by atoms with Crippen LogP contribution in [0.25, 0.3) is 0 Å². The van der Waals surface area contributed by atoms with E-state index in [2.05, 4.69) is 49.1 Å². The minimum Gasteiger partial charge on any atom is -0.382 e. The fourth-order valence-corrected chi connectivity index (χ4v) is 3.54. The summed E-state index contributed by atoms with van der Waals surface area (Å²) in [5.74, 6) is 7.97. The molecule has 0 saturated heterocycles. The normalized spacial score (nSPS) is 21.8. The minimum absolute atomic E-state index is 0.132. The van der Waals surface area contributed by atoms with Crippen molar-refractivity contribution < 1.29 is 9.47 Å². The van der Waals surface area contributed by atoms with E-state index in [1.165, 1.54) is 44.1 Å². The number of hydrogen-bond acceptors (Lipinski definition) is 2. The number of unbranched alkanes of at least 4 members (excludes halogenated alkanes) is 2. The van der Waals surface area contributed by atoms with Crippen molar-refractivity contribution in [3.8, 4) is 11.8 Å². The number of methoxy groups -OCH3 is 1. The zero-order valence-electron chi connectivity index (χ0n) is 15.3. The molecule has 0 unspecified atom stereocenters. The lowest BCUT2D eigenvalue weighted by Crippen LogP contribution is -2.27. The van der Waals surface area contributed by atoms with E-state index in [4.69, 9.17) is 9.47 Å². The summed E-state index contributed by atoms with van der Waals surface area (Å²) >= 11 is 0. The fraction of sp³-hybridized carbons (Fsp3) is 0.636. The van der Waals surface area contributed by atoms with E-state index in [1.54, 1.807) is 7.11 Å². The molecule has 2 heteroatoms. The van der Waals surface area contributed by atoms with E-state index in [0.29, 0.717) is 25.0 Å². The molecule has 132 valence electrons. The largest absolute Gasteiger partial charge is 0.382 e. The maximum atomic E-state index is 6.27. The van der Waals surface area contributed by atoms with Crippen molar-refractivity contribution in [2.45, 2.75) is 58.0 Å². The summed E-state index contributed by atoms with van der Waals surface area (Å²) in [7, 11) is 1.73. The van der Waals surface area contributed by atoms with Crippen molar-refractivity contribution in [2.75, 3.05) is 20.3 Å². The van der Waals surface area contributed by atoms with Gasteiger partial charge in [-0.3, -0.25) is 0 Å². The summed E-state index contributed by atoms with van der Waals surface area (Å²) in [6.45, 7) is 3.51. The number of hydrogen-bond donors (Lipinski definition) is 0. The van der Waals surface area contributed by atoms with Gasteiger partial charge in [-0.05, 0) is 24.8 Å². The summed E-state index contributed by atoms with van der Waals surface area (Å²) in [5.41, 5.74) is 1.28. The molecule has 1 aliphatic carbocycles. The zero-order chi connectivity index (χ0) is 17.0. The van der Waals surface area contributed by atoms with E-state index in [9.17, 15) is 0 Å². The molecule has 0 N–H and O–H groups in total. The van der Waals surface area contributed by atoms with Gasteiger partial charge >= 0.3 is 0 Å². The first-order valence-corrected chi connectivity index (χ1v) is 9.50. The Hall–Kier alpha value is -1.30. The van der Waals surface area contributed by atoms with Gasteiger partial charge in [0.1, 0.15) is 0 Å². The van der Waals surface area contributed by atoms with Crippen molar-refractivity contribution >= 4 is 0 Å². The zero-order valence-corrected chi connectivity index (χ0v) is 15.3. The number of ether oxygens (including phenoxy) is 2. The lowest BCUT2D eigenvalue weighted by atomic mass is 9.74. The van der Waals surface area contributed by atoms with E-state index in [-0.39, 0.29) is 6.10 Å². The van der Waals surface area contributed by atoms with Crippen LogP contribution < -0.4 is 0 Å². The Kier molecular flexibility index (Phi) is 8.95. The predicted molar refractivity (Wildman–Crippen MR) is 99.8 cm³/mol. The first-order chi connectivity index (χ1) is 11.9. The van der Waals surface area contributed by atoms with E-state index in [1.807, 2.05) is 0 Å². The Morgan fingerprint density at radius 2 is 1.92 bits per heavy atom. The van der Waals surface area contributed by atoms with Gasteiger partial charge in [0.2, 0.25) is 0 Å². The van der Waals surface area contributed by atoms with Crippen LogP contribution >= 0.6 is 0 Å². The van der Waals surface area contributed by atoms with E-state index < -0.39 is 0 Å². The van der Waals surface area contributed by atoms with Crippen LogP contribution in [0.4, 0.5) is 0 Å². The molecule has 1 aromatic rings. The second-order valence-electron chi connectivity index (χ2n) is 6.67. The third kappa shape index (κ3) is 5.96. The summed E-state index contributed by atoms with van der Waals surface area (Å²) < 4.78 is 11.5. The molecule has 24 heavy (non-hydrogen) atoms. The van der Waals surface area contributed by atoms with Gasteiger partial charge in [-0.2, -0.15) is 0 Å². The molecular weight excluding hydrogens is 296 g/mol. The monoisotopic (exact) mass is 328 g/mol. The molecule has 0 heterocycles. The molecule has 2 nitrogen and oxygen atoms in total. The van der Waals surface area contributed by atoms with Crippen LogP contribution in [-0.2, 0) is 9.47 Å². The third-order valence-corrected chi connectivity index (χ3v) is 4.86. The van der Waals surface area contributed by atoms with Crippen LogP contribution in [0.3, 0.4) is 0 Å². The molecule has 1 saturated carbocycles. The van der Waals surface area contributed by atoms with Crippen LogP contribution in [0.5, 0.6) is 0 Å². The van der Waals surface area contributed by atoms with E-state index in [0.717, 1.165) is 6.42 Å². The molecular formula is C22H32O2. The highest BCUT2D eigenvalue weighted by atomic mass is 16.5. The van der Waals surface area contributed by atoms with Crippen molar-refractivity contribution in [3.05, 3.63) is 35.9 Å². The SMILES string of the molecule is CCCCC#C[C@H]1CCCC[C@@H]1[C@@H](OCCOC)c1ccccc1. The number of benzene rings is 1. The molecule has 0 aromatic heterocycles. The Bertz CT molecular complexity index is 500. The van der Waals surface area contributed by atoms with E-state index >= 15 is 0 Å². The highest BCUT2D eigenvalue weighted by Crippen LogP contribution is 2.40. The van der Waals surface area contributed by atoms with Crippen LogP contribution in [0, 0.1) is 23.7 Å². The van der Waals surface area contributed by atoms with Gasteiger partial charge in [-0.1, -0.05) is 62.4 Å². The lowest BCUT2D eigenvalue weighted by Gasteiger charge is -2.35. The Labute approximate surface area is 147 Å². The van der Waals surface area contributed by atoms with Gasteiger partial charge in [-0.25, -0.2) is 0 Å². The van der Waals surface area contributed by atoms with Gasteiger partial charge in [-0.15, -0.1) is 5.92 Å². The topological polar surface area (TPSA) is 18.5 Å². The molecule has 0 radical (unpaired) electrons. The van der Waals surface area contributed by atoms with Gasteiger partial charge < -0.3 is 9.47 Å². The van der Waals surface area contributed by atoms with Crippen LogP contribution in [0.1, 0.15) is 63.5 Å². The predicted octanol–water partition coefficient (Wildman–Crippen LogP) is 5.39. The Morgan fingerprint density at radius 1 is 1.12 bits per heavy atom. The second kappa shape index (κ2) is 11.3. The van der Waals surface area contributed by atoms with Crippen molar-refractivity contribution in [1.29, 1.82) is 0 Å². The average molecular weight is 328 g/mol.